The molecular formula is C25H32OSe. The third-order valence-electron chi connectivity index (χ3n) is 9.89. The van der Waals surface area contributed by atoms with Crippen molar-refractivity contribution in [3.05, 3.63) is 31.2 Å². The summed E-state index contributed by atoms with van der Waals surface area (Å²) in [6.07, 6.45) is 17.6. The van der Waals surface area contributed by atoms with E-state index in [0.717, 1.165) is 35.5 Å². The van der Waals surface area contributed by atoms with Crippen LogP contribution in [0.3, 0.4) is 0 Å². The van der Waals surface area contributed by atoms with Crippen molar-refractivity contribution in [3.8, 4) is 0 Å². The van der Waals surface area contributed by atoms with Gasteiger partial charge < -0.3 is 0 Å². The molecule has 8 aliphatic rings. The Labute approximate surface area is 169 Å². The molecule has 1 aromatic rings. The van der Waals surface area contributed by atoms with Crippen LogP contribution in [-0.2, 0) is 10.8 Å². The molecule has 0 N–H and O–H groups in total. The van der Waals surface area contributed by atoms with Crippen molar-refractivity contribution in [2.75, 3.05) is 0 Å². The van der Waals surface area contributed by atoms with Crippen LogP contribution in [0.1, 0.15) is 85.9 Å². The van der Waals surface area contributed by atoms with Crippen molar-refractivity contribution < 1.29 is 0 Å². The zero-order valence-electron chi connectivity index (χ0n) is 16.4. The molecule has 27 heavy (non-hydrogen) atoms. The van der Waals surface area contributed by atoms with Gasteiger partial charge in [-0.25, -0.2) is 0 Å². The van der Waals surface area contributed by atoms with Gasteiger partial charge in [-0.2, -0.15) is 0 Å². The summed E-state index contributed by atoms with van der Waals surface area (Å²) in [7, 11) is 0. The summed E-state index contributed by atoms with van der Waals surface area (Å²) >= 11 is 0.464. The summed E-state index contributed by atoms with van der Waals surface area (Å²) in [5.74, 6) is 5.90. The Bertz CT molecular complexity index is 712. The van der Waals surface area contributed by atoms with Gasteiger partial charge in [0.15, 0.2) is 0 Å². The van der Waals surface area contributed by atoms with Crippen LogP contribution in [0.5, 0.6) is 0 Å². The quantitative estimate of drug-likeness (QED) is 0.605. The molecule has 0 unspecified atom stereocenters. The molecule has 8 fully saturated rings. The molecule has 8 aliphatic carbocycles. The Balaban J connectivity index is 1.32. The normalized spacial score (nSPS) is 51.9. The standard InChI is InChI=1S/C25H32OSe/c26-21-7-22(24-9-15-1-16(10-24)3-17(2-15)11-24)27-23(8-21)25-12-18-4-19(13-25)6-20(5-18)14-25/h7-8,15-20H,1-6,9-14H2. The molecule has 8 saturated carbocycles. The molecule has 8 bridgehead atoms. The van der Waals surface area contributed by atoms with E-state index in [1.165, 1.54) is 77.0 Å². The van der Waals surface area contributed by atoms with Crippen molar-refractivity contribution in [2.45, 2.75) is 87.9 Å². The van der Waals surface area contributed by atoms with E-state index in [9.17, 15) is 4.79 Å². The monoisotopic (exact) mass is 428 g/mol. The first-order valence-corrected chi connectivity index (χ1v) is 13.4. The van der Waals surface area contributed by atoms with Gasteiger partial charge in [0.05, 0.1) is 0 Å². The van der Waals surface area contributed by atoms with Gasteiger partial charge in [0.1, 0.15) is 0 Å². The molecule has 0 saturated heterocycles. The molecule has 0 atom stereocenters. The molecule has 0 aliphatic heterocycles. The molecule has 1 aromatic heterocycles. The predicted molar refractivity (Wildman–Crippen MR) is 109 cm³/mol. The van der Waals surface area contributed by atoms with E-state index in [4.69, 9.17) is 0 Å². The molecule has 1 heterocycles. The number of hydrogen-bond acceptors (Lipinski definition) is 1. The predicted octanol–water partition coefficient (Wildman–Crippen LogP) is 5.04. The molecule has 0 aromatic carbocycles. The van der Waals surface area contributed by atoms with E-state index in [0.29, 0.717) is 30.8 Å². The third-order valence-corrected chi connectivity index (χ3v) is 13.1. The van der Waals surface area contributed by atoms with Gasteiger partial charge in [-0.1, -0.05) is 0 Å². The molecular weight excluding hydrogens is 395 g/mol. The van der Waals surface area contributed by atoms with Gasteiger partial charge in [0.25, 0.3) is 0 Å². The summed E-state index contributed by atoms with van der Waals surface area (Å²) in [5, 5.41) is 0. The molecule has 0 spiro atoms. The fraction of sp³-hybridized carbons (Fsp3) is 0.800. The maximum atomic E-state index is 12.9. The topological polar surface area (TPSA) is 17.1 Å². The fourth-order valence-electron chi connectivity index (χ4n) is 9.83. The Hall–Kier alpha value is -0.331. The van der Waals surface area contributed by atoms with Crippen LogP contribution in [0.2, 0.25) is 0 Å². The minimum atomic E-state index is 0.361. The van der Waals surface area contributed by atoms with E-state index in [2.05, 4.69) is 12.1 Å². The van der Waals surface area contributed by atoms with E-state index in [1.54, 1.807) is 8.87 Å². The van der Waals surface area contributed by atoms with Gasteiger partial charge in [0.2, 0.25) is 0 Å². The Morgan fingerprint density at radius 3 is 1.19 bits per heavy atom. The van der Waals surface area contributed by atoms with Crippen LogP contribution in [0.25, 0.3) is 0 Å². The van der Waals surface area contributed by atoms with Gasteiger partial charge in [-0.15, -0.1) is 0 Å². The first kappa shape index (κ1) is 16.5. The third kappa shape index (κ3) is 2.38. The Kier molecular flexibility index (Phi) is 3.31. The molecule has 144 valence electrons. The van der Waals surface area contributed by atoms with Crippen molar-refractivity contribution >= 4 is 14.5 Å². The average Bonchev–Trinajstić information content (AvgIpc) is 2.59. The maximum absolute atomic E-state index is 12.9. The molecule has 9 rings (SSSR count). The summed E-state index contributed by atoms with van der Waals surface area (Å²) in [6, 6.07) is 4.30. The number of hydrogen-bond donors (Lipinski definition) is 0. The van der Waals surface area contributed by atoms with Crippen LogP contribution in [0, 0.1) is 35.5 Å². The second kappa shape index (κ2) is 5.42. The number of rotatable bonds is 2. The fourth-order valence-corrected chi connectivity index (χ4v) is 13.0. The first-order valence-electron chi connectivity index (χ1n) is 11.7. The van der Waals surface area contributed by atoms with Crippen molar-refractivity contribution in [1.29, 1.82) is 0 Å². The van der Waals surface area contributed by atoms with Gasteiger partial charge in [0, 0.05) is 0 Å². The zero-order chi connectivity index (χ0) is 17.8. The van der Waals surface area contributed by atoms with Crippen LogP contribution in [0.15, 0.2) is 16.9 Å². The van der Waals surface area contributed by atoms with Crippen molar-refractivity contribution in [3.63, 3.8) is 0 Å². The minimum absolute atomic E-state index is 0.361. The van der Waals surface area contributed by atoms with Gasteiger partial charge in [-0.05, 0) is 0 Å². The summed E-state index contributed by atoms with van der Waals surface area (Å²) in [5.41, 5.74) is 1.26. The van der Waals surface area contributed by atoms with E-state index < -0.39 is 0 Å². The second-order valence-corrected chi connectivity index (χ2v) is 14.2. The van der Waals surface area contributed by atoms with Crippen LogP contribution in [0.4, 0.5) is 0 Å². The van der Waals surface area contributed by atoms with Crippen LogP contribution in [-0.4, -0.2) is 14.5 Å². The summed E-state index contributed by atoms with van der Waals surface area (Å²) < 4.78 is 3.32. The Morgan fingerprint density at radius 2 is 0.889 bits per heavy atom. The van der Waals surface area contributed by atoms with Crippen molar-refractivity contribution in [2.24, 2.45) is 35.5 Å². The van der Waals surface area contributed by atoms with Gasteiger partial charge >= 0.3 is 169 Å². The molecule has 2 heteroatoms. The van der Waals surface area contributed by atoms with Crippen LogP contribution < -0.4 is 5.43 Å². The molecule has 0 radical (unpaired) electrons. The molecule has 0 amide bonds. The van der Waals surface area contributed by atoms with E-state index in [-0.39, 0.29) is 0 Å². The van der Waals surface area contributed by atoms with E-state index >= 15 is 0 Å². The first-order chi connectivity index (χ1) is 13.1. The second-order valence-electron chi connectivity index (χ2n) is 11.9. The van der Waals surface area contributed by atoms with Crippen LogP contribution >= 0.6 is 0 Å². The van der Waals surface area contributed by atoms with Crippen molar-refractivity contribution in [1.82, 2.24) is 0 Å². The van der Waals surface area contributed by atoms with E-state index in [1.807, 2.05) is 0 Å². The van der Waals surface area contributed by atoms with Gasteiger partial charge in [-0.3, -0.25) is 0 Å². The average molecular weight is 427 g/mol. The Morgan fingerprint density at radius 1 is 0.593 bits per heavy atom. The molecule has 1 nitrogen and oxygen atoms in total. The summed E-state index contributed by atoms with van der Waals surface area (Å²) in [6.45, 7) is 0. The zero-order valence-corrected chi connectivity index (χ0v) is 18.1. The summed E-state index contributed by atoms with van der Waals surface area (Å²) in [4.78, 5) is 12.9. The SMILES string of the molecule is O=c1cc(C23CC4CC(CC(C4)C2)C3)[se]c(C23CC4CC(CC(C4)C2)C3)c1.